The Hall–Kier alpha value is -2.86. The topological polar surface area (TPSA) is 84.7 Å². The van der Waals surface area contributed by atoms with Gasteiger partial charge in [-0.1, -0.05) is 30.3 Å². The van der Waals surface area contributed by atoms with Crippen LogP contribution in [0.15, 0.2) is 42.5 Å². The van der Waals surface area contributed by atoms with E-state index in [4.69, 9.17) is 10.5 Å². The van der Waals surface area contributed by atoms with Crippen LogP contribution in [0.3, 0.4) is 0 Å². The van der Waals surface area contributed by atoms with Gasteiger partial charge in [-0.2, -0.15) is 0 Å². The molecule has 1 aliphatic rings. The molecule has 1 atom stereocenters. The third-order valence-electron chi connectivity index (χ3n) is 5.19. The Balaban J connectivity index is 1.69. The van der Waals surface area contributed by atoms with Gasteiger partial charge in [-0.15, -0.1) is 0 Å². The van der Waals surface area contributed by atoms with Gasteiger partial charge in [0.15, 0.2) is 0 Å². The van der Waals surface area contributed by atoms with Crippen LogP contribution in [0.2, 0.25) is 0 Å². The van der Waals surface area contributed by atoms with Crippen LogP contribution < -0.4 is 15.8 Å². The molecule has 1 aliphatic heterocycles. The summed E-state index contributed by atoms with van der Waals surface area (Å²) < 4.78 is 5.33. The first kappa shape index (κ1) is 19.9. The molecule has 1 unspecified atom stereocenters. The first-order chi connectivity index (χ1) is 13.5. The van der Waals surface area contributed by atoms with Crippen LogP contribution in [-0.4, -0.2) is 36.4 Å². The molecular formula is C22H27N3O3. The highest BCUT2D eigenvalue weighted by atomic mass is 16.5. The Morgan fingerprint density at radius 3 is 2.79 bits per heavy atom. The summed E-state index contributed by atoms with van der Waals surface area (Å²) in [7, 11) is 1.63. The summed E-state index contributed by atoms with van der Waals surface area (Å²) in [6, 6.07) is 13.2. The zero-order chi connectivity index (χ0) is 20.1. The van der Waals surface area contributed by atoms with Gasteiger partial charge in [0, 0.05) is 12.2 Å². The standard InChI is InChI=1S/C22H27N3O3/c1-15-9-10-16(12-20(15)28-2)13-21(26)24-18-7-4-3-6-17(18)14-25-11-5-8-19(25)22(23)27/h3-4,6-7,9-10,12,19H,5,8,11,13-14H2,1-2H3,(H2,23,27)(H,24,26). The number of nitrogens with one attached hydrogen (secondary N) is 1. The normalized spacial score (nSPS) is 16.7. The smallest absolute Gasteiger partial charge is 0.234 e. The molecule has 0 bridgehead atoms. The maximum Gasteiger partial charge on any atom is 0.234 e. The third-order valence-corrected chi connectivity index (χ3v) is 5.19. The van der Waals surface area contributed by atoms with E-state index in [0.717, 1.165) is 47.5 Å². The summed E-state index contributed by atoms with van der Waals surface area (Å²) in [5, 5.41) is 3.01. The van der Waals surface area contributed by atoms with Crippen LogP contribution in [0.1, 0.15) is 29.5 Å². The van der Waals surface area contributed by atoms with Crippen LogP contribution in [0, 0.1) is 6.92 Å². The van der Waals surface area contributed by atoms with Crippen molar-refractivity contribution in [3.63, 3.8) is 0 Å². The fourth-order valence-corrected chi connectivity index (χ4v) is 3.69. The summed E-state index contributed by atoms with van der Waals surface area (Å²) in [4.78, 5) is 26.3. The molecule has 1 fully saturated rings. The van der Waals surface area contributed by atoms with Crippen LogP contribution in [0.25, 0.3) is 0 Å². The summed E-state index contributed by atoms with van der Waals surface area (Å²) in [6.45, 7) is 3.39. The lowest BCUT2D eigenvalue weighted by Gasteiger charge is -2.23. The summed E-state index contributed by atoms with van der Waals surface area (Å²) >= 11 is 0. The second-order valence-corrected chi connectivity index (χ2v) is 7.22. The zero-order valence-corrected chi connectivity index (χ0v) is 16.4. The Labute approximate surface area is 165 Å². The molecule has 6 nitrogen and oxygen atoms in total. The number of anilines is 1. The molecule has 0 saturated carbocycles. The molecule has 3 N–H and O–H groups in total. The van der Waals surface area contributed by atoms with Gasteiger partial charge in [0.25, 0.3) is 0 Å². The number of methoxy groups -OCH3 is 1. The lowest BCUT2D eigenvalue weighted by molar-refractivity contribution is -0.122. The van der Waals surface area contributed by atoms with Gasteiger partial charge in [-0.3, -0.25) is 14.5 Å². The molecule has 2 amide bonds. The highest BCUT2D eigenvalue weighted by molar-refractivity contribution is 5.93. The van der Waals surface area contributed by atoms with Crippen LogP contribution >= 0.6 is 0 Å². The van der Waals surface area contributed by atoms with E-state index in [9.17, 15) is 9.59 Å². The molecule has 2 aromatic rings. The van der Waals surface area contributed by atoms with Crippen molar-refractivity contribution in [2.45, 2.75) is 38.8 Å². The van der Waals surface area contributed by atoms with E-state index in [-0.39, 0.29) is 24.3 Å². The van der Waals surface area contributed by atoms with Crippen molar-refractivity contribution in [2.24, 2.45) is 5.73 Å². The van der Waals surface area contributed by atoms with Gasteiger partial charge < -0.3 is 15.8 Å². The number of ether oxygens (including phenoxy) is 1. The predicted molar refractivity (Wildman–Crippen MR) is 109 cm³/mol. The third kappa shape index (κ3) is 4.70. The molecule has 1 heterocycles. The number of nitrogens with zero attached hydrogens (tertiary/aromatic N) is 1. The number of carbonyl (C=O) groups is 2. The number of para-hydroxylation sites is 1. The SMILES string of the molecule is COc1cc(CC(=O)Nc2ccccc2CN2CCCC2C(N)=O)ccc1C. The minimum absolute atomic E-state index is 0.0915. The Morgan fingerprint density at radius 2 is 2.04 bits per heavy atom. The highest BCUT2D eigenvalue weighted by Gasteiger charge is 2.29. The zero-order valence-electron chi connectivity index (χ0n) is 16.4. The number of primary amides is 1. The maximum absolute atomic E-state index is 12.6. The van der Waals surface area contributed by atoms with Gasteiger partial charge in [-0.25, -0.2) is 0 Å². The van der Waals surface area contributed by atoms with Crippen molar-refractivity contribution < 1.29 is 14.3 Å². The summed E-state index contributed by atoms with van der Waals surface area (Å²) in [5.74, 6) is 0.399. The second-order valence-electron chi connectivity index (χ2n) is 7.22. The second kappa shape index (κ2) is 8.89. The Bertz CT molecular complexity index is 866. The summed E-state index contributed by atoms with van der Waals surface area (Å²) in [6.07, 6.45) is 2.01. The number of nitrogens with two attached hydrogens (primary N) is 1. The fourth-order valence-electron chi connectivity index (χ4n) is 3.69. The molecular weight excluding hydrogens is 354 g/mol. The van der Waals surface area contributed by atoms with E-state index < -0.39 is 0 Å². The molecule has 0 spiro atoms. The van der Waals surface area contributed by atoms with Crippen molar-refractivity contribution in [1.82, 2.24) is 4.90 Å². The van der Waals surface area contributed by atoms with E-state index in [1.54, 1.807) is 7.11 Å². The van der Waals surface area contributed by atoms with Gasteiger partial charge in [0.1, 0.15) is 5.75 Å². The van der Waals surface area contributed by atoms with E-state index >= 15 is 0 Å². The van der Waals surface area contributed by atoms with Gasteiger partial charge in [0.2, 0.25) is 11.8 Å². The van der Waals surface area contributed by atoms with Crippen LogP contribution in [-0.2, 0) is 22.6 Å². The largest absolute Gasteiger partial charge is 0.496 e. The first-order valence-corrected chi connectivity index (χ1v) is 9.52. The minimum atomic E-state index is -0.285. The molecule has 1 saturated heterocycles. The molecule has 148 valence electrons. The molecule has 6 heteroatoms. The van der Waals surface area contributed by atoms with Crippen molar-refractivity contribution in [3.05, 3.63) is 59.2 Å². The van der Waals surface area contributed by atoms with Crippen molar-refractivity contribution >= 4 is 17.5 Å². The maximum atomic E-state index is 12.6. The quantitative estimate of drug-likeness (QED) is 0.772. The van der Waals surface area contributed by atoms with E-state index in [2.05, 4.69) is 10.2 Å². The number of carbonyl (C=O) groups excluding carboxylic acids is 2. The lowest BCUT2D eigenvalue weighted by Crippen LogP contribution is -2.39. The van der Waals surface area contributed by atoms with Crippen molar-refractivity contribution in [3.8, 4) is 5.75 Å². The number of benzene rings is 2. The van der Waals surface area contributed by atoms with Crippen molar-refractivity contribution in [2.75, 3.05) is 19.0 Å². The number of hydrogen-bond acceptors (Lipinski definition) is 4. The van der Waals surface area contributed by atoms with Gasteiger partial charge >= 0.3 is 0 Å². The summed E-state index contributed by atoms with van der Waals surface area (Å²) in [5.41, 5.74) is 9.19. The molecule has 3 rings (SSSR count). The number of rotatable bonds is 7. The average molecular weight is 381 g/mol. The van der Waals surface area contributed by atoms with Gasteiger partial charge in [0.05, 0.1) is 19.6 Å². The molecule has 2 aromatic carbocycles. The van der Waals surface area contributed by atoms with E-state index in [1.807, 2.05) is 49.4 Å². The average Bonchev–Trinajstić information content (AvgIpc) is 3.13. The number of aryl methyl sites for hydroxylation is 1. The first-order valence-electron chi connectivity index (χ1n) is 9.52. The van der Waals surface area contributed by atoms with E-state index in [1.165, 1.54) is 0 Å². The van der Waals surface area contributed by atoms with Crippen molar-refractivity contribution in [1.29, 1.82) is 0 Å². The van der Waals surface area contributed by atoms with Crippen LogP contribution in [0.5, 0.6) is 5.75 Å². The Kier molecular flexibility index (Phi) is 6.31. The van der Waals surface area contributed by atoms with E-state index in [0.29, 0.717) is 6.54 Å². The molecule has 28 heavy (non-hydrogen) atoms. The number of hydrogen-bond donors (Lipinski definition) is 2. The lowest BCUT2D eigenvalue weighted by atomic mass is 10.1. The number of likely N-dealkylation sites (tertiary alicyclic amines) is 1. The number of amides is 2. The molecule has 0 radical (unpaired) electrons. The minimum Gasteiger partial charge on any atom is -0.496 e. The van der Waals surface area contributed by atoms with Crippen LogP contribution in [0.4, 0.5) is 5.69 Å². The predicted octanol–water partition coefficient (Wildman–Crippen LogP) is 2.63. The molecule has 0 aliphatic carbocycles. The fraction of sp³-hybridized carbons (Fsp3) is 0.364. The molecule has 0 aromatic heterocycles. The monoisotopic (exact) mass is 381 g/mol. The van der Waals surface area contributed by atoms with Gasteiger partial charge in [-0.05, 0) is 55.1 Å². The Morgan fingerprint density at radius 1 is 1.25 bits per heavy atom. The highest BCUT2D eigenvalue weighted by Crippen LogP contribution is 2.24.